The van der Waals surface area contributed by atoms with Crippen molar-refractivity contribution in [3.63, 3.8) is 0 Å². The molecule has 3 rings (SSSR count). The molecule has 4 atom stereocenters. The number of aliphatic carboxylic acids is 1. The lowest BCUT2D eigenvalue weighted by atomic mass is 9.78. The first-order chi connectivity index (χ1) is 13.9. The molecule has 2 aliphatic rings. The van der Waals surface area contributed by atoms with Crippen LogP contribution in [0, 0.1) is 11.8 Å². The Labute approximate surface area is 173 Å². The first-order valence-corrected chi connectivity index (χ1v) is 12.2. The minimum absolute atomic E-state index is 0.0487. The number of hydrogen-bond acceptors (Lipinski definition) is 4. The van der Waals surface area contributed by atoms with Crippen LogP contribution in [0.4, 0.5) is 0 Å². The number of sulfone groups is 1. The lowest BCUT2D eigenvalue weighted by molar-refractivity contribution is -0.137. The van der Waals surface area contributed by atoms with Crippen LogP contribution in [0.2, 0.25) is 0 Å². The molecule has 0 saturated carbocycles. The third kappa shape index (κ3) is 6.54. The quantitative estimate of drug-likeness (QED) is 0.432. The van der Waals surface area contributed by atoms with E-state index in [1.165, 1.54) is 0 Å². The van der Waals surface area contributed by atoms with Crippen molar-refractivity contribution in [1.29, 1.82) is 0 Å². The molecular formula is C23H30O5S. The number of hydrogen-bond donors (Lipinski definition) is 1. The summed E-state index contributed by atoms with van der Waals surface area (Å²) in [6.45, 7) is 0. The van der Waals surface area contributed by atoms with E-state index in [2.05, 4.69) is 6.08 Å². The largest absolute Gasteiger partial charge is 0.481 e. The number of ether oxygens (including phenoxy) is 1. The Hall–Kier alpha value is -1.92. The van der Waals surface area contributed by atoms with Gasteiger partial charge in [0.2, 0.25) is 0 Å². The van der Waals surface area contributed by atoms with Crippen LogP contribution in [0.25, 0.3) is 6.08 Å². The second-order valence-corrected chi connectivity index (χ2v) is 10.2. The lowest BCUT2D eigenvalue weighted by Crippen LogP contribution is -2.33. The molecule has 158 valence electrons. The highest BCUT2D eigenvalue weighted by Crippen LogP contribution is 2.45. The predicted octanol–water partition coefficient (Wildman–Crippen LogP) is 4.11. The van der Waals surface area contributed by atoms with E-state index in [1.807, 2.05) is 42.5 Å². The summed E-state index contributed by atoms with van der Waals surface area (Å²) in [6, 6.07) is 9.70. The highest BCUT2D eigenvalue weighted by molar-refractivity contribution is 7.91. The molecule has 6 heteroatoms. The van der Waals surface area contributed by atoms with Crippen LogP contribution >= 0.6 is 0 Å². The Morgan fingerprint density at radius 3 is 2.52 bits per heavy atom. The normalized spacial score (nSPS) is 26.6. The van der Waals surface area contributed by atoms with Gasteiger partial charge in [-0.15, -0.1) is 0 Å². The molecule has 0 aromatic heterocycles. The number of carboxylic acids is 1. The number of benzene rings is 1. The summed E-state index contributed by atoms with van der Waals surface area (Å²) in [5.41, 5.74) is 0.997. The zero-order chi connectivity index (χ0) is 20.7. The minimum Gasteiger partial charge on any atom is -0.481 e. The van der Waals surface area contributed by atoms with Gasteiger partial charge in [-0.2, -0.15) is 0 Å². The van der Waals surface area contributed by atoms with E-state index in [0.717, 1.165) is 31.2 Å². The van der Waals surface area contributed by atoms with Crippen molar-refractivity contribution < 1.29 is 23.1 Å². The van der Waals surface area contributed by atoms with E-state index in [4.69, 9.17) is 9.84 Å². The van der Waals surface area contributed by atoms with Crippen LogP contribution in [-0.4, -0.2) is 43.2 Å². The molecule has 0 radical (unpaired) electrons. The van der Waals surface area contributed by atoms with Crippen molar-refractivity contribution in [3.8, 4) is 0 Å². The van der Waals surface area contributed by atoms with E-state index in [9.17, 15) is 13.2 Å². The summed E-state index contributed by atoms with van der Waals surface area (Å²) < 4.78 is 31.4. The molecule has 0 spiro atoms. The van der Waals surface area contributed by atoms with Gasteiger partial charge in [0.15, 0.2) is 9.84 Å². The number of unbranched alkanes of at least 4 members (excludes halogenated alkanes) is 1. The van der Waals surface area contributed by atoms with Gasteiger partial charge in [0.1, 0.15) is 0 Å². The van der Waals surface area contributed by atoms with Gasteiger partial charge in [0.05, 0.1) is 23.7 Å². The molecule has 2 aliphatic heterocycles. The van der Waals surface area contributed by atoms with Crippen LogP contribution in [0.1, 0.15) is 44.1 Å². The zero-order valence-electron chi connectivity index (χ0n) is 16.7. The molecule has 2 fully saturated rings. The Kier molecular flexibility index (Phi) is 7.67. The summed E-state index contributed by atoms with van der Waals surface area (Å²) in [5.74, 6) is -0.269. The van der Waals surface area contributed by atoms with Gasteiger partial charge >= 0.3 is 5.97 Å². The minimum atomic E-state index is -3.20. The monoisotopic (exact) mass is 418 g/mol. The molecule has 29 heavy (non-hydrogen) atoms. The molecule has 5 nitrogen and oxygen atoms in total. The Bertz CT molecular complexity index is 828. The standard InChI is InChI=1S/C23H30O5S/c24-23(25)13-7-2-1-6-12-19-20(22-15-14-21(19)28-22)17-29(26,27)16-8-11-18-9-4-3-5-10-18/h1,3-6,8-11,19-22H,2,7,12-17H2,(H,24,25)/b6-1-,11-8?/t19-,20+,21-,22+/m1/s1. The number of carbonyl (C=O) groups is 1. The van der Waals surface area contributed by atoms with Gasteiger partial charge in [-0.25, -0.2) is 8.42 Å². The molecule has 2 heterocycles. The van der Waals surface area contributed by atoms with Gasteiger partial charge < -0.3 is 9.84 Å². The highest BCUT2D eigenvalue weighted by Gasteiger charge is 2.49. The molecule has 1 aromatic rings. The molecule has 1 N–H and O–H groups in total. The molecule has 2 bridgehead atoms. The van der Waals surface area contributed by atoms with Crippen molar-refractivity contribution in [2.24, 2.45) is 11.8 Å². The van der Waals surface area contributed by atoms with E-state index in [0.29, 0.717) is 6.42 Å². The molecule has 0 aliphatic carbocycles. The van der Waals surface area contributed by atoms with Crippen LogP contribution in [0.5, 0.6) is 0 Å². The molecular weight excluding hydrogens is 388 g/mol. The van der Waals surface area contributed by atoms with Crippen LogP contribution in [0.15, 0.2) is 48.6 Å². The average molecular weight is 419 g/mol. The van der Waals surface area contributed by atoms with Crippen molar-refractivity contribution in [3.05, 3.63) is 54.1 Å². The highest BCUT2D eigenvalue weighted by atomic mass is 32.2. The van der Waals surface area contributed by atoms with Crippen molar-refractivity contribution >= 4 is 21.9 Å². The first kappa shape index (κ1) is 21.8. The molecule has 0 amide bonds. The maximum absolute atomic E-state index is 12.7. The number of rotatable bonds is 11. The zero-order valence-corrected chi connectivity index (χ0v) is 17.5. The van der Waals surface area contributed by atoms with Crippen molar-refractivity contribution in [2.45, 2.75) is 50.7 Å². The lowest BCUT2D eigenvalue weighted by Gasteiger charge is -2.26. The summed E-state index contributed by atoms with van der Waals surface area (Å²) in [5, 5.41) is 8.68. The Morgan fingerprint density at radius 1 is 1.07 bits per heavy atom. The maximum atomic E-state index is 12.7. The van der Waals surface area contributed by atoms with Gasteiger partial charge in [-0.05, 0) is 43.6 Å². The average Bonchev–Trinajstić information content (AvgIpc) is 3.27. The molecule has 0 unspecified atom stereocenters. The Morgan fingerprint density at radius 2 is 1.79 bits per heavy atom. The second-order valence-electron chi connectivity index (χ2n) is 8.00. The number of fused-ring (bicyclic) bond motifs is 2. The summed E-state index contributed by atoms with van der Waals surface area (Å²) in [6.07, 6.45) is 12.2. The van der Waals surface area contributed by atoms with Crippen LogP contribution in [0.3, 0.4) is 0 Å². The fraction of sp³-hybridized carbons (Fsp3) is 0.522. The smallest absolute Gasteiger partial charge is 0.303 e. The van der Waals surface area contributed by atoms with Gasteiger partial charge in [0.25, 0.3) is 0 Å². The fourth-order valence-electron chi connectivity index (χ4n) is 4.43. The summed E-state index contributed by atoms with van der Waals surface area (Å²) >= 11 is 0. The third-order valence-electron chi connectivity index (χ3n) is 5.83. The molecule has 2 saturated heterocycles. The SMILES string of the molecule is O=C(O)CCC/C=C\C[C@@H]1[C@H](CS(=O)(=O)CC=Cc2ccccc2)[C@@H]2CC[C@H]1O2. The third-order valence-corrected chi connectivity index (χ3v) is 7.43. The number of allylic oxidation sites excluding steroid dienone is 2. The van der Waals surface area contributed by atoms with E-state index in [1.54, 1.807) is 6.08 Å². The van der Waals surface area contributed by atoms with Crippen molar-refractivity contribution in [1.82, 2.24) is 0 Å². The van der Waals surface area contributed by atoms with E-state index < -0.39 is 15.8 Å². The first-order valence-electron chi connectivity index (χ1n) is 10.4. The number of carboxylic acid groups (broad SMARTS) is 1. The van der Waals surface area contributed by atoms with Crippen LogP contribution < -0.4 is 0 Å². The molecule has 1 aromatic carbocycles. The Balaban J connectivity index is 1.52. The van der Waals surface area contributed by atoms with Gasteiger partial charge in [0, 0.05) is 12.3 Å². The topological polar surface area (TPSA) is 80.7 Å². The van der Waals surface area contributed by atoms with Gasteiger partial charge in [-0.1, -0.05) is 54.6 Å². The van der Waals surface area contributed by atoms with Crippen molar-refractivity contribution in [2.75, 3.05) is 11.5 Å². The fourth-order valence-corrected chi connectivity index (χ4v) is 6.00. The predicted molar refractivity (Wildman–Crippen MR) is 114 cm³/mol. The summed E-state index contributed by atoms with van der Waals surface area (Å²) in [4.78, 5) is 10.6. The van der Waals surface area contributed by atoms with E-state index in [-0.39, 0.29) is 42.0 Å². The van der Waals surface area contributed by atoms with Crippen LogP contribution in [-0.2, 0) is 19.4 Å². The van der Waals surface area contributed by atoms with Gasteiger partial charge in [-0.3, -0.25) is 4.79 Å². The second kappa shape index (κ2) is 10.2. The van der Waals surface area contributed by atoms with E-state index >= 15 is 0 Å². The summed E-state index contributed by atoms with van der Waals surface area (Å²) in [7, 11) is -3.20. The maximum Gasteiger partial charge on any atom is 0.303 e.